The highest BCUT2D eigenvalue weighted by atomic mass is 32.2. The van der Waals surface area contributed by atoms with Crippen LogP contribution in [0.25, 0.3) is 0 Å². The molecule has 3 aromatic rings. The van der Waals surface area contributed by atoms with Gasteiger partial charge in [0.1, 0.15) is 17.6 Å². The van der Waals surface area contributed by atoms with E-state index in [1.54, 1.807) is 0 Å². The van der Waals surface area contributed by atoms with Gasteiger partial charge in [-0.15, -0.1) is 11.8 Å². The Kier molecular flexibility index (Phi) is 6.47. The number of benzene rings is 3. The van der Waals surface area contributed by atoms with Crippen LogP contribution < -0.4 is 9.47 Å². The first kappa shape index (κ1) is 20.5. The molecular formula is C27H29NO2S. The van der Waals surface area contributed by atoms with E-state index >= 15 is 0 Å². The number of hydrogen-bond donors (Lipinski definition) is 0. The molecule has 2 aliphatic rings. The summed E-state index contributed by atoms with van der Waals surface area (Å²) in [7, 11) is 0. The van der Waals surface area contributed by atoms with Crippen LogP contribution in [0.3, 0.4) is 0 Å². The molecule has 2 aliphatic heterocycles. The van der Waals surface area contributed by atoms with Gasteiger partial charge in [-0.25, -0.2) is 0 Å². The van der Waals surface area contributed by atoms with Crippen LogP contribution >= 0.6 is 11.8 Å². The standard InChI is InChI=1S/C27H29NO2S/c1-2-9-22(10-3-1)27-26(30-24-11-4-5-12-25(24)31-27)21-13-15-23(16-14-21)29-20-8-19-28-17-6-7-18-28/h1-5,9-16,26-27H,6-8,17-20H2/t26-,27+/m1/s1. The Balaban J connectivity index is 1.28. The second-order valence-corrected chi connectivity index (χ2v) is 9.44. The second-order valence-electron chi connectivity index (χ2n) is 8.25. The van der Waals surface area contributed by atoms with Crippen LogP contribution in [0.5, 0.6) is 11.5 Å². The number of ether oxygens (including phenoxy) is 2. The normalized spacial score (nSPS) is 20.8. The van der Waals surface area contributed by atoms with Gasteiger partial charge in [0.05, 0.1) is 16.8 Å². The fourth-order valence-corrected chi connectivity index (χ4v) is 5.70. The van der Waals surface area contributed by atoms with Crippen molar-refractivity contribution in [2.75, 3.05) is 26.2 Å². The topological polar surface area (TPSA) is 21.7 Å². The lowest BCUT2D eigenvalue weighted by atomic mass is 10.00. The SMILES string of the molecule is c1ccc([C@@H]2Sc3ccccc3O[C@@H]2c2ccc(OCCCN3CCCC3)cc2)cc1. The number of hydrogen-bond acceptors (Lipinski definition) is 4. The van der Waals surface area contributed by atoms with Crippen molar-refractivity contribution in [3.63, 3.8) is 0 Å². The van der Waals surface area contributed by atoms with E-state index in [0.29, 0.717) is 0 Å². The summed E-state index contributed by atoms with van der Waals surface area (Å²) in [5.41, 5.74) is 2.47. The summed E-state index contributed by atoms with van der Waals surface area (Å²) in [6.07, 6.45) is 3.74. The molecule has 0 N–H and O–H groups in total. The number of rotatable bonds is 7. The van der Waals surface area contributed by atoms with Gasteiger partial charge in [-0.3, -0.25) is 0 Å². The summed E-state index contributed by atoms with van der Waals surface area (Å²) in [5, 5.41) is 0.211. The van der Waals surface area contributed by atoms with E-state index in [2.05, 4.69) is 77.7 Å². The van der Waals surface area contributed by atoms with Crippen LogP contribution in [0.15, 0.2) is 83.8 Å². The van der Waals surface area contributed by atoms with Crippen LogP contribution in [-0.4, -0.2) is 31.1 Å². The predicted octanol–water partition coefficient (Wildman–Crippen LogP) is 6.52. The third-order valence-electron chi connectivity index (χ3n) is 6.05. The third-order valence-corrected chi connectivity index (χ3v) is 7.42. The summed E-state index contributed by atoms with van der Waals surface area (Å²) < 4.78 is 12.5. The van der Waals surface area contributed by atoms with E-state index in [1.807, 2.05) is 17.8 Å². The van der Waals surface area contributed by atoms with E-state index in [4.69, 9.17) is 9.47 Å². The Morgan fingerprint density at radius 1 is 0.839 bits per heavy atom. The largest absolute Gasteiger partial charge is 0.494 e. The minimum absolute atomic E-state index is 0.0356. The minimum atomic E-state index is -0.0356. The molecule has 2 atom stereocenters. The Labute approximate surface area is 189 Å². The van der Waals surface area contributed by atoms with E-state index in [-0.39, 0.29) is 11.4 Å². The lowest BCUT2D eigenvalue weighted by Gasteiger charge is -2.33. The highest BCUT2D eigenvalue weighted by Gasteiger charge is 2.33. The van der Waals surface area contributed by atoms with Gasteiger partial charge in [-0.1, -0.05) is 54.6 Å². The molecule has 0 amide bonds. The van der Waals surface area contributed by atoms with Crippen molar-refractivity contribution in [3.8, 4) is 11.5 Å². The van der Waals surface area contributed by atoms with E-state index < -0.39 is 0 Å². The maximum absolute atomic E-state index is 6.51. The first-order valence-corrected chi connectivity index (χ1v) is 12.2. The van der Waals surface area contributed by atoms with E-state index in [1.165, 1.54) is 42.0 Å². The van der Waals surface area contributed by atoms with Gasteiger partial charge < -0.3 is 14.4 Å². The fraction of sp³-hybridized carbons (Fsp3) is 0.333. The molecule has 0 spiro atoms. The molecule has 1 fully saturated rings. The third kappa shape index (κ3) is 4.91. The van der Waals surface area contributed by atoms with E-state index in [9.17, 15) is 0 Å². The first-order chi connectivity index (χ1) is 15.4. The smallest absolute Gasteiger partial charge is 0.140 e. The molecule has 3 nitrogen and oxygen atoms in total. The van der Waals surface area contributed by atoms with E-state index in [0.717, 1.165) is 31.1 Å². The molecule has 0 aliphatic carbocycles. The number of nitrogens with zero attached hydrogens (tertiary/aromatic N) is 1. The zero-order chi connectivity index (χ0) is 20.9. The molecule has 3 aromatic carbocycles. The zero-order valence-corrected chi connectivity index (χ0v) is 18.6. The molecule has 31 heavy (non-hydrogen) atoms. The van der Waals surface area contributed by atoms with Gasteiger partial charge in [0.2, 0.25) is 0 Å². The Morgan fingerprint density at radius 2 is 1.58 bits per heavy atom. The molecule has 0 radical (unpaired) electrons. The van der Waals surface area contributed by atoms with Crippen LogP contribution in [0.4, 0.5) is 0 Å². The Morgan fingerprint density at radius 3 is 2.39 bits per heavy atom. The van der Waals surface area contributed by atoms with Crippen molar-refractivity contribution in [1.82, 2.24) is 4.90 Å². The zero-order valence-electron chi connectivity index (χ0n) is 17.8. The lowest BCUT2D eigenvalue weighted by molar-refractivity contribution is 0.191. The van der Waals surface area contributed by atoms with Gasteiger partial charge in [-0.05, 0) is 67.7 Å². The van der Waals surface area contributed by atoms with Gasteiger partial charge in [0.25, 0.3) is 0 Å². The molecule has 160 valence electrons. The minimum Gasteiger partial charge on any atom is -0.494 e. The second kappa shape index (κ2) is 9.80. The summed E-state index contributed by atoms with van der Waals surface area (Å²) in [5.74, 6) is 1.90. The van der Waals surface area contributed by atoms with Crippen molar-refractivity contribution in [1.29, 1.82) is 0 Å². The number of likely N-dealkylation sites (tertiary alicyclic amines) is 1. The maximum Gasteiger partial charge on any atom is 0.140 e. The van der Waals surface area contributed by atoms with Crippen molar-refractivity contribution < 1.29 is 9.47 Å². The number of para-hydroxylation sites is 1. The maximum atomic E-state index is 6.51. The fourth-order valence-electron chi connectivity index (χ4n) is 4.41. The molecule has 0 bridgehead atoms. The highest BCUT2D eigenvalue weighted by Crippen LogP contribution is 2.53. The summed E-state index contributed by atoms with van der Waals surface area (Å²) in [4.78, 5) is 3.73. The van der Waals surface area contributed by atoms with Crippen molar-refractivity contribution in [2.24, 2.45) is 0 Å². The van der Waals surface area contributed by atoms with Gasteiger partial charge >= 0.3 is 0 Å². The van der Waals surface area contributed by atoms with Crippen LogP contribution in [-0.2, 0) is 0 Å². The average molecular weight is 432 g/mol. The molecule has 1 saturated heterocycles. The number of thioether (sulfide) groups is 1. The molecule has 5 rings (SSSR count). The van der Waals surface area contributed by atoms with Gasteiger partial charge in [-0.2, -0.15) is 0 Å². The molecule has 0 aromatic heterocycles. The summed E-state index contributed by atoms with van der Waals surface area (Å²) in [6.45, 7) is 4.41. The number of fused-ring (bicyclic) bond motifs is 1. The Hall–Kier alpha value is -2.43. The molecule has 4 heteroatoms. The van der Waals surface area contributed by atoms with Crippen molar-refractivity contribution in [2.45, 2.75) is 35.5 Å². The molecular weight excluding hydrogens is 402 g/mol. The van der Waals surface area contributed by atoms with Crippen LogP contribution in [0.2, 0.25) is 0 Å². The molecule has 0 unspecified atom stereocenters. The molecule has 2 heterocycles. The summed E-state index contributed by atoms with van der Waals surface area (Å²) >= 11 is 1.89. The summed E-state index contributed by atoms with van der Waals surface area (Å²) in [6, 6.07) is 27.5. The Bertz CT molecular complexity index is 970. The quantitative estimate of drug-likeness (QED) is 0.397. The first-order valence-electron chi connectivity index (χ1n) is 11.3. The van der Waals surface area contributed by atoms with Gasteiger partial charge in [0.15, 0.2) is 0 Å². The van der Waals surface area contributed by atoms with Crippen LogP contribution in [0, 0.1) is 0 Å². The molecule has 0 saturated carbocycles. The van der Waals surface area contributed by atoms with Crippen molar-refractivity contribution in [3.05, 3.63) is 90.0 Å². The lowest BCUT2D eigenvalue weighted by Crippen LogP contribution is -2.22. The monoisotopic (exact) mass is 431 g/mol. The predicted molar refractivity (Wildman–Crippen MR) is 127 cm³/mol. The van der Waals surface area contributed by atoms with Gasteiger partial charge in [0, 0.05) is 6.54 Å². The van der Waals surface area contributed by atoms with Crippen molar-refractivity contribution >= 4 is 11.8 Å². The highest BCUT2D eigenvalue weighted by molar-refractivity contribution is 7.99. The average Bonchev–Trinajstić information content (AvgIpc) is 3.36. The van der Waals surface area contributed by atoms with Crippen LogP contribution in [0.1, 0.15) is 41.7 Å².